The Morgan fingerprint density at radius 3 is 1.41 bits per heavy atom. The summed E-state index contributed by atoms with van der Waals surface area (Å²) in [5, 5.41) is -7.14. The Balaban J connectivity index is 5.79. The molecule has 0 aromatic carbocycles. The summed E-state index contributed by atoms with van der Waals surface area (Å²) in [6, 6.07) is 0. The molecule has 0 aliphatic rings. The molecule has 22 heavy (non-hydrogen) atoms. The Labute approximate surface area is 113 Å². The van der Waals surface area contributed by atoms with Gasteiger partial charge in [0.1, 0.15) is 6.61 Å². The monoisotopic (exact) mass is 380 g/mol. The van der Waals surface area contributed by atoms with Crippen molar-refractivity contribution < 1.29 is 66.0 Å². The largest absolute Gasteiger partial charge is 0.438 e. The van der Waals surface area contributed by atoms with Crippen LogP contribution in [0.3, 0.4) is 0 Å². The fourth-order valence-corrected chi connectivity index (χ4v) is 1.24. The van der Waals surface area contributed by atoms with Gasteiger partial charge < -0.3 is 4.74 Å². The van der Waals surface area contributed by atoms with Gasteiger partial charge in [-0.15, -0.1) is 0 Å². The van der Waals surface area contributed by atoms with Crippen LogP contribution in [0.2, 0.25) is 0 Å². The molecule has 0 unspecified atom stereocenters. The second-order valence-electron chi connectivity index (χ2n) is 3.56. The summed E-state index contributed by atoms with van der Waals surface area (Å²) < 4.78 is 165. The van der Waals surface area contributed by atoms with E-state index in [1.165, 1.54) is 0 Å². The van der Waals surface area contributed by atoms with Gasteiger partial charge in [0.25, 0.3) is 0 Å². The lowest BCUT2D eigenvalue weighted by atomic mass is 10.1. The summed E-state index contributed by atoms with van der Waals surface area (Å²) in [6.07, 6.45) is -12.6. The molecule has 0 aliphatic carbocycles. The van der Waals surface area contributed by atoms with Gasteiger partial charge in [-0.1, -0.05) is 0 Å². The minimum Gasteiger partial charge on any atom is -0.306 e. The number of ether oxygens (including phenoxy) is 1. The molecule has 0 bridgehead atoms. The number of alkyl halides is 11. The molecule has 134 valence electrons. The molecule has 0 spiro atoms. The first-order valence-corrected chi connectivity index (χ1v) is 5.84. The molecule has 0 aliphatic heterocycles. The molecule has 4 nitrogen and oxygen atoms in total. The molecular formula is C6H3F11O4S. The van der Waals surface area contributed by atoms with E-state index in [-0.39, 0.29) is 0 Å². The fraction of sp³-hybridized carbons (Fsp3) is 1.00. The molecule has 1 N–H and O–H groups in total. The van der Waals surface area contributed by atoms with Crippen LogP contribution in [0.4, 0.5) is 48.3 Å². The van der Waals surface area contributed by atoms with Crippen molar-refractivity contribution in [2.45, 2.75) is 29.4 Å². The molecule has 0 radical (unpaired) electrons. The van der Waals surface area contributed by atoms with E-state index in [1.54, 1.807) is 0 Å². The van der Waals surface area contributed by atoms with Crippen molar-refractivity contribution in [2.75, 3.05) is 6.61 Å². The van der Waals surface area contributed by atoms with Crippen LogP contribution in [0.5, 0.6) is 0 Å². The molecule has 0 aromatic rings. The van der Waals surface area contributed by atoms with Crippen LogP contribution in [0.25, 0.3) is 0 Å². The van der Waals surface area contributed by atoms with E-state index in [2.05, 4.69) is 4.74 Å². The molecule has 0 saturated carbocycles. The van der Waals surface area contributed by atoms with Gasteiger partial charge in [-0.05, 0) is 0 Å². The van der Waals surface area contributed by atoms with Crippen molar-refractivity contribution in [2.24, 2.45) is 0 Å². The topological polar surface area (TPSA) is 63.6 Å². The fourth-order valence-electron chi connectivity index (χ4n) is 0.791. The van der Waals surface area contributed by atoms with Gasteiger partial charge in [0.05, 0.1) is 0 Å². The molecule has 0 amide bonds. The van der Waals surface area contributed by atoms with E-state index in [0.717, 1.165) is 0 Å². The highest BCUT2D eigenvalue weighted by Crippen LogP contribution is 2.54. The van der Waals surface area contributed by atoms with Crippen LogP contribution < -0.4 is 0 Å². The average molecular weight is 380 g/mol. The van der Waals surface area contributed by atoms with Crippen molar-refractivity contribution in [1.82, 2.24) is 0 Å². The van der Waals surface area contributed by atoms with Gasteiger partial charge in [-0.25, -0.2) is 0 Å². The van der Waals surface area contributed by atoms with Gasteiger partial charge in [0.15, 0.2) is 0 Å². The van der Waals surface area contributed by atoms with Crippen molar-refractivity contribution in [3.63, 3.8) is 0 Å². The van der Waals surface area contributed by atoms with E-state index in [9.17, 15) is 56.7 Å². The smallest absolute Gasteiger partial charge is 0.306 e. The molecule has 0 atom stereocenters. The highest BCUT2D eigenvalue weighted by Gasteiger charge is 2.85. The lowest BCUT2D eigenvalue weighted by Gasteiger charge is -2.34. The maximum atomic E-state index is 12.7. The Bertz CT molecular complexity index is 507. The number of hydrogen-bond acceptors (Lipinski definition) is 3. The highest BCUT2D eigenvalue weighted by atomic mass is 32.2. The first-order valence-electron chi connectivity index (χ1n) is 4.40. The molecule has 0 fully saturated rings. The van der Waals surface area contributed by atoms with Crippen LogP contribution in [0, 0.1) is 0 Å². The van der Waals surface area contributed by atoms with E-state index in [4.69, 9.17) is 4.55 Å². The van der Waals surface area contributed by atoms with Gasteiger partial charge in [-0.3, -0.25) is 4.55 Å². The highest BCUT2D eigenvalue weighted by molar-refractivity contribution is 7.87. The molecule has 0 heterocycles. The summed E-state index contributed by atoms with van der Waals surface area (Å²) in [7, 11) is -7.32. The normalized spacial score (nSPS) is 16.0. The third-order valence-corrected chi connectivity index (χ3v) is 2.77. The van der Waals surface area contributed by atoms with Crippen LogP contribution in [-0.4, -0.2) is 49.0 Å². The van der Waals surface area contributed by atoms with Gasteiger partial charge in [0, 0.05) is 0 Å². The Kier molecular flexibility index (Phi) is 5.11. The quantitative estimate of drug-likeness (QED) is 0.569. The van der Waals surface area contributed by atoms with Crippen LogP contribution >= 0.6 is 0 Å². The maximum absolute atomic E-state index is 12.7. The SMILES string of the molecule is O=S(=O)(O)C(F)(F)C(F)(F)C(F)(F)C(F)(F)OCC(F)(F)F. The van der Waals surface area contributed by atoms with E-state index >= 15 is 0 Å². The summed E-state index contributed by atoms with van der Waals surface area (Å²) in [4.78, 5) is 0. The van der Waals surface area contributed by atoms with Gasteiger partial charge in [0.2, 0.25) is 0 Å². The van der Waals surface area contributed by atoms with Crippen LogP contribution in [-0.2, 0) is 14.9 Å². The minimum atomic E-state index is -7.51. The predicted molar refractivity (Wildman–Crippen MR) is 43.3 cm³/mol. The summed E-state index contributed by atoms with van der Waals surface area (Å²) in [5.41, 5.74) is 0. The van der Waals surface area contributed by atoms with Crippen molar-refractivity contribution in [3.05, 3.63) is 0 Å². The van der Waals surface area contributed by atoms with Gasteiger partial charge in [-0.2, -0.15) is 56.7 Å². The van der Waals surface area contributed by atoms with E-state index in [0.29, 0.717) is 0 Å². The summed E-state index contributed by atoms with van der Waals surface area (Å²) in [5.74, 6) is -14.9. The maximum Gasteiger partial charge on any atom is 0.438 e. The first-order chi connectivity index (χ1) is 9.21. The van der Waals surface area contributed by atoms with Crippen molar-refractivity contribution >= 4 is 10.1 Å². The Morgan fingerprint density at radius 2 is 1.14 bits per heavy atom. The standard InChI is InChI=1S/C6H3F11O4S/c7-2(8,9)1-21-5(14,15)3(10,11)4(12,13)6(16,17)22(18,19)20/h1H2,(H,18,19,20). The van der Waals surface area contributed by atoms with E-state index < -0.39 is 46.1 Å². The first kappa shape index (κ1) is 21.1. The van der Waals surface area contributed by atoms with Crippen LogP contribution in [0.1, 0.15) is 0 Å². The molecule has 0 rings (SSSR count). The number of hydrogen-bond donors (Lipinski definition) is 1. The lowest BCUT2D eigenvalue weighted by Crippen LogP contribution is -2.65. The Morgan fingerprint density at radius 1 is 0.773 bits per heavy atom. The summed E-state index contributed by atoms with van der Waals surface area (Å²) >= 11 is 0. The average Bonchev–Trinajstić information content (AvgIpc) is 2.23. The molecule has 16 heteroatoms. The van der Waals surface area contributed by atoms with E-state index in [1.807, 2.05) is 0 Å². The van der Waals surface area contributed by atoms with Crippen LogP contribution in [0.15, 0.2) is 0 Å². The lowest BCUT2D eigenvalue weighted by molar-refractivity contribution is -0.427. The van der Waals surface area contributed by atoms with Gasteiger partial charge >= 0.3 is 39.5 Å². The summed E-state index contributed by atoms with van der Waals surface area (Å²) in [6.45, 7) is -3.23. The molecule has 0 aromatic heterocycles. The molecular weight excluding hydrogens is 377 g/mol. The molecule has 0 saturated heterocycles. The minimum absolute atomic E-state index is 2.15. The zero-order chi connectivity index (χ0) is 18.4. The third-order valence-electron chi connectivity index (χ3n) is 1.87. The number of halogens is 11. The zero-order valence-electron chi connectivity index (χ0n) is 9.44. The predicted octanol–water partition coefficient (Wildman–Crippen LogP) is 2.91. The second-order valence-corrected chi connectivity index (χ2v) is 5.02. The zero-order valence-corrected chi connectivity index (χ0v) is 10.3. The second kappa shape index (κ2) is 5.33. The third kappa shape index (κ3) is 3.53. The van der Waals surface area contributed by atoms with Crippen molar-refractivity contribution in [1.29, 1.82) is 0 Å². The van der Waals surface area contributed by atoms with Crippen molar-refractivity contribution in [3.8, 4) is 0 Å². The number of rotatable bonds is 6. The Hall–Kier alpha value is -0.900.